The summed E-state index contributed by atoms with van der Waals surface area (Å²) in [5.41, 5.74) is 9.31. The smallest absolute Gasteiger partial charge is 0.255 e. The number of ether oxygens (including phenoxy) is 1. The van der Waals surface area contributed by atoms with Gasteiger partial charge in [0, 0.05) is 112 Å². The molecule has 14 heteroatoms. The number of piperazine rings is 1. The predicted octanol–water partition coefficient (Wildman–Crippen LogP) is 6.94. The number of carbonyl (C=O) groups excluding carboxylic acids is 3. The summed E-state index contributed by atoms with van der Waals surface area (Å²) >= 11 is 6.59. The van der Waals surface area contributed by atoms with E-state index in [1.165, 1.54) is 16.8 Å². The number of hydrogen-bond acceptors (Lipinski definition) is 10. The van der Waals surface area contributed by atoms with E-state index >= 15 is 0 Å². The van der Waals surface area contributed by atoms with Gasteiger partial charge in [0.05, 0.1) is 17.8 Å². The van der Waals surface area contributed by atoms with Gasteiger partial charge in [0.25, 0.3) is 5.91 Å². The minimum Gasteiger partial charge on any atom is -0.496 e. The molecule has 1 atom stereocenters. The summed E-state index contributed by atoms with van der Waals surface area (Å²) in [7, 11) is -0.749. The Morgan fingerprint density at radius 3 is 2.25 bits per heavy atom. The first-order valence-electron chi connectivity index (χ1n) is 23.8. The molecule has 4 aromatic carbocycles. The van der Waals surface area contributed by atoms with Crippen LogP contribution in [0.2, 0.25) is 5.02 Å². The van der Waals surface area contributed by atoms with Crippen LogP contribution in [-0.2, 0) is 52.8 Å². The van der Waals surface area contributed by atoms with E-state index < -0.39 is 13.2 Å². The largest absolute Gasteiger partial charge is 0.496 e. The summed E-state index contributed by atoms with van der Waals surface area (Å²) in [6.07, 6.45) is 8.27. The van der Waals surface area contributed by atoms with Gasteiger partial charge >= 0.3 is 0 Å². The maximum Gasteiger partial charge on any atom is 0.255 e. The van der Waals surface area contributed by atoms with Crippen LogP contribution in [0, 0.1) is 0 Å². The van der Waals surface area contributed by atoms with Gasteiger partial charge in [0.2, 0.25) is 11.8 Å². The fourth-order valence-corrected chi connectivity index (χ4v) is 11.9. The SMILES string of the molecule is COc1cc(N2CCC(N3CCN(CCc4ccc(CCc5cccc6c5CN(C5CCC(=O)NC5=O)C6=O)cc4)CC3)CC2)ccc1Cc1ncc(Cl)c(Cc2ccccc2P(C)(C)=O)n1. The monoisotopic (exact) mass is 941 g/mol. The Labute approximate surface area is 399 Å². The molecule has 1 unspecified atom stereocenters. The number of anilines is 1. The lowest BCUT2D eigenvalue weighted by molar-refractivity contribution is -0.136. The molecule has 0 spiro atoms. The second kappa shape index (κ2) is 20.5. The standard InChI is InChI=1S/C53H61ClN7O5P/c1-66-48-33-42(18-17-39(48)32-50-55-34-45(54)46(56-50)31-40-7-4-5-10-49(40)67(2,3)65)59-25-22-41(23-26-59)60-29-27-58(28-30-60)24-21-37-13-11-36(12-14-37)15-16-38-8-6-9-43-44(38)35-61(53(43)64)47-19-20-51(62)57-52(47)63/h4-14,17-18,33-34,41,47H,15-16,19-32,35H2,1-3H3,(H,57,62,63). The summed E-state index contributed by atoms with van der Waals surface area (Å²) in [5, 5.41) is 3.75. The number of rotatable bonds is 15. The van der Waals surface area contributed by atoms with Crippen LogP contribution in [0.1, 0.15) is 80.9 Å². The average molecular weight is 943 g/mol. The molecule has 1 N–H and O–H groups in total. The van der Waals surface area contributed by atoms with Crippen molar-refractivity contribution < 1.29 is 23.7 Å². The zero-order valence-electron chi connectivity index (χ0n) is 38.9. The van der Waals surface area contributed by atoms with Crippen molar-refractivity contribution in [3.63, 3.8) is 0 Å². The first-order valence-corrected chi connectivity index (χ1v) is 26.7. The van der Waals surface area contributed by atoms with E-state index in [1.54, 1.807) is 31.5 Å². The zero-order chi connectivity index (χ0) is 46.7. The van der Waals surface area contributed by atoms with E-state index in [1.807, 2.05) is 36.4 Å². The van der Waals surface area contributed by atoms with Crippen molar-refractivity contribution in [2.45, 2.75) is 76.4 Å². The first kappa shape index (κ1) is 46.7. The molecule has 3 saturated heterocycles. The minimum absolute atomic E-state index is 0.125. The quantitative estimate of drug-likeness (QED) is 0.0871. The van der Waals surface area contributed by atoms with Gasteiger partial charge in [-0.05, 0) is 91.8 Å². The Bertz CT molecular complexity index is 2670. The number of halogens is 1. The van der Waals surface area contributed by atoms with Crippen LogP contribution < -0.4 is 20.3 Å². The molecule has 3 fully saturated rings. The Balaban J connectivity index is 0.711. The molecule has 350 valence electrons. The van der Waals surface area contributed by atoms with Crippen LogP contribution in [0.3, 0.4) is 0 Å². The number of benzene rings is 4. The number of aryl methyl sites for hydroxylation is 2. The number of methoxy groups -OCH3 is 1. The highest BCUT2D eigenvalue weighted by Gasteiger charge is 2.40. The molecule has 0 bridgehead atoms. The Morgan fingerprint density at radius 2 is 1.52 bits per heavy atom. The third kappa shape index (κ3) is 10.8. The molecular formula is C53H61ClN7O5P. The van der Waals surface area contributed by atoms with Gasteiger partial charge in [-0.25, -0.2) is 9.97 Å². The fraction of sp³-hybridized carbons (Fsp3) is 0.415. The molecule has 1 aromatic heterocycles. The second-order valence-corrected chi connectivity index (χ2v) is 22.5. The molecule has 12 nitrogen and oxygen atoms in total. The molecule has 5 heterocycles. The molecule has 4 aliphatic rings. The third-order valence-corrected chi connectivity index (χ3v) is 16.2. The topological polar surface area (TPSA) is 128 Å². The normalized spacial score (nSPS) is 18.6. The van der Waals surface area contributed by atoms with Crippen LogP contribution >= 0.6 is 18.7 Å². The number of aromatic nitrogens is 2. The van der Waals surface area contributed by atoms with Crippen molar-refractivity contribution in [1.29, 1.82) is 0 Å². The number of fused-ring (bicyclic) bond motifs is 1. The second-order valence-electron chi connectivity index (χ2n) is 18.9. The van der Waals surface area contributed by atoms with Crippen molar-refractivity contribution in [1.82, 2.24) is 30.0 Å². The van der Waals surface area contributed by atoms with Gasteiger partial charge < -0.3 is 24.0 Å². The van der Waals surface area contributed by atoms with E-state index in [-0.39, 0.29) is 24.1 Å². The molecule has 67 heavy (non-hydrogen) atoms. The Kier molecular flexibility index (Phi) is 14.3. The highest BCUT2D eigenvalue weighted by atomic mass is 35.5. The Morgan fingerprint density at radius 1 is 0.791 bits per heavy atom. The van der Waals surface area contributed by atoms with E-state index in [0.717, 1.165) is 117 Å². The van der Waals surface area contributed by atoms with Crippen LogP contribution in [0.4, 0.5) is 5.69 Å². The lowest BCUT2D eigenvalue weighted by Gasteiger charge is -2.43. The summed E-state index contributed by atoms with van der Waals surface area (Å²) in [4.78, 5) is 56.3. The number of nitrogens with zero attached hydrogens (tertiary/aromatic N) is 6. The third-order valence-electron chi connectivity index (χ3n) is 14.3. The van der Waals surface area contributed by atoms with E-state index in [4.69, 9.17) is 21.3 Å². The van der Waals surface area contributed by atoms with E-state index in [2.05, 4.69) is 73.5 Å². The number of piperidine rings is 2. The van der Waals surface area contributed by atoms with Crippen molar-refractivity contribution in [2.75, 3.05) is 71.2 Å². The van der Waals surface area contributed by atoms with Gasteiger partial charge in [-0.3, -0.25) is 24.6 Å². The van der Waals surface area contributed by atoms with Crippen molar-refractivity contribution in [3.05, 3.63) is 147 Å². The van der Waals surface area contributed by atoms with E-state index in [9.17, 15) is 18.9 Å². The zero-order valence-corrected chi connectivity index (χ0v) is 40.5. The molecule has 0 saturated carbocycles. The van der Waals surface area contributed by atoms with Gasteiger partial charge in [0.1, 0.15) is 24.8 Å². The number of nitrogens with one attached hydrogen (secondary N) is 1. The molecule has 5 aromatic rings. The fourth-order valence-electron chi connectivity index (χ4n) is 10.4. The maximum atomic E-state index is 13.3. The maximum absolute atomic E-state index is 13.3. The van der Waals surface area contributed by atoms with Crippen LogP contribution in [0.25, 0.3) is 0 Å². The molecule has 4 aliphatic heterocycles. The number of carbonyl (C=O) groups is 3. The van der Waals surface area contributed by atoms with Crippen molar-refractivity contribution in [3.8, 4) is 5.75 Å². The summed E-state index contributed by atoms with van der Waals surface area (Å²) in [6, 6.07) is 29.2. The molecular weight excluding hydrogens is 881 g/mol. The number of amides is 3. The molecule has 0 radical (unpaired) electrons. The molecule has 3 amide bonds. The number of hydrogen-bond donors (Lipinski definition) is 1. The van der Waals surface area contributed by atoms with Gasteiger partial charge in [-0.15, -0.1) is 0 Å². The summed E-state index contributed by atoms with van der Waals surface area (Å²) in [6.45, 7) is 11.4. The van der Waals surface area contributed by atoms with Crippen molar-refractivity contribution in [2.24, 2.45) is 0 Å². The average Bonchev–Trinajstić information content (AvgIpc) is 3.67. The predicted molar refractivity (Wildman–Crippen MR) is 264 cm³/mol. The minimum atomic E-state index is -2.47. The van der Waals surface area contributed by atoms with Crippen LogP contribution in [0.15, 0.2) is 91.1 Å². The van der Waals surface area contributed by atoms with Gasteiger partial charge in [0.15, 0.2) is 0 Å². The van der Waals surface area contributed by atoms with Crippen molar-refractivity contribution >= 4 is 47.5 Å². The van der Waals surface area contributed by atoms with Gasteiger partial charge in [-0.1, -0.05) is 78.3 Å². The first-order chi connectivity index (χ1) is 32.4. The lowest BCUT2D eigenvalue weighted by Crippen LogP contribution is -2.53. The van der Waals surface area contributed by atoms with Gasteiger partial charge in [-0.2, -0.15) is 0 Å². The Hall–Kier alpha value is -5.39. The summed E-state index contributed by atoms with van der Waals surface area (Å²) in [5.74, 6) is 0.712. The van der Waals surface area contributed by atoms with Crippen LogP contribution in [0.5, 0.6) is 5.75 Å². The molecule has 0 aliphatic carbocycles. The van der Waals surface area contributed by atoms with Crippen LogP contribution in [-0.4, -0.2) is 121 Å². The lowest BCUT2D eigenvalue weighted by atomic mass is 9.97. The molecule has 9 rings (SSSR count). The number of imide groups is 1. The summed E-state index contributed by atoms with van der Waals surface area (Å²) < 4.78 is 18.9. The highest BCUT2D eigenvalue weighted by Crippen LogP contribution is 2.37. The highest BCUT2D eigenvalue weighted by molar-refractivity contribution is 7.70. The van der Waals surface area contributed by atoms with E-state index in [0.29, 0.717) is 48.3 Å².